The molecule has 0 bridgehead atoms. The highest BCUT2D eigenvalue weighted by atomic mass is 33.1. The molecule has 0 aliphatic carbocycles. The van der Waals surface area contributed by atoms with Crippen LogP contribution in [0.1, 0.15) is 5.56 Å². The predicted molar refractivity (Wildman–Crippen MR) is 54.5 cm³/mol. The van der Waals surface area contributed by atoms with E-state index in [1.165, 1.54) is 16.5 Å². The van der Waals surface area contributed by atoms with Gasteiger partial charge in [0.2, 0.25) is 0 Å². The summed E-state index contributed by atoms with van der Waals surface area (Å²) in [5.41, 5.74) is 1.32. The molecule has 1 aromatic rings. The molecule has 1 aromatic carbocycles. The van der Waals surface area contributed by atoms with Gasteiger partial charge in [-0.25, -0.2) is 4.31 Å². The number of rotatable bonds is 3. The summed E-state index contributed by atoms with van der Waals surface area (Å²) in [5.74, 6) is 0. The van der Waals surface area contributed by atoms with Crippen LogP contribution >= 0.6 is 22.6 Å². The summed E-state index contributed by atoms with van der Waals surface area (Å²) >= 11 is 4.09. The lowest BCUT2D eigenvalue weighted by Gasteiger charge is -2.10. The molecule has 60 valence electrons. The monoisotopic (exact) mass is 185 g/mol. The molecular weight excluding hydrogens is 174 g/mol. The average molecular weight is 185 g/mol. The first-order valence-electron chi connectivity index (χ1n) is 3.39. The summed E-state index contributed by atoms with van der Waals surface area (Å²) in [4.78, 5) is 0. The van der Waals surface area contributed by atoms with E-state index in [2.05, 4.69) is 28.1 Å². The van der Waals surface area contributed by atoms with Crippen LogP contribution in [-0.4, -0.2) is 11.4 Å². The molecule has 0 heterocycles. The normalized spacial score (nSPS) is 10.5. The highest BCUT2D eigenvalue weighted by molar-refractivity contribution is 8.67. The van der Waals surface area contributed by atoms with Crippen molar-refractivity contribution in [2.45, 2.75) is 6.54 Å². The van der Waals surface area contributed by atoms with Gasteiger partial charge in [0, 0.05) is 6.54 Å². The summed E-state index contributed by atoms with van der Waals surface area (Å²) in [6, 6.07) is 10.3. The Morgan fingerprint density at radius 2 is 2.00 bits per heavy atom. The molecule has 0 N–H and O–H groups in total. The van der Waals surface area contributed by atoms with Gasteiger partial charge >= 0.3 is 0 Å². The maximum atomic E-state index is 4.09. The third-order valence-electron chi connectivity index (χ3n) is 1.39. The summed E-state index contributed by atoms with van der Waals surface area (Å²) in [7, 11) is 3.47. The van der Waals surface area contributed by atoms with Crippen LogP contribution in [0.3, 0.4) is 0 Å². The lowest BCUT2D eigenvalue weighted by molar-refractivity contribution is 0.571. The molecule has 0 aliphatic heterocycles. The van der Waals surface area contributed by atoms with Crippen LogP contribution in [0.2, 0.25) is 0 Å². The molecule has 3 heteroatoms. The number of hydrogen-bond donors (Lipinski definition) is 1. The molecule has 0 spiro atoms. The molecule has 1 rings (SSSR count). The zero-order chi connectivity index (χ0) is 8.10. The van der Waals surface area contributed by atoms with Crippen molar-refractivity contribution in [1.82, 2.24) is 4.31 Å². The Hall–Kier alpha value is -0.120. The Labute approximate surface area is 76.7 Å². The van der Waals surface area contributed by atoms with Gasteiger partial charge in [-0.3, -0.25) is 0 Å². The maximum absolute atomic E-state index is 4.09. The van der Waals surface area contributed by atoms with E-state index in [1.807, 2.05) is 25.2 Å². The topological polar surface area (TPSA) is 3.24 Å². The SMILES string of the molecule is CN(Cc1ccccc1)SS. The van der Waals surface area contributed by atoms with Gasteiger partial charge in [-0.15, -0.1) is 0 Å². The Kier molecular flexibility index (Phi) is 3.83. The van der Waals surface area contributed by atoms with E-state index in [0.717, 1.165) is 6.54 Å². The number of thiol groups is 1. The van der Waals surface area contributed by atoms with Gasteiger partial charge in [0.1, 0.15) is 0 Å². The van der Waals surface area contributed by atoms with Crippen molar-refractivity contribution in [1.29, 1.82) is 0 Å². The summed E-state index contributed by atoms with van der Waals surface area (Å²) in [5, 5.41) is 0. The van der Waals surface area contributed by atoms with Gasteiger partial charge in [0.05, 0.1) is 0 Å². The predicted octanol–water partition coefficient (Wildman–Crippen LogP) is 2.61. The second-order valence-electron chi connectivity index (χ2n) is 2.35. The van der Waals surface area contributed by atoms with Crippen LogP contribution < -0.4 is 0 Å². The van der Waals surface area contributed by atoms with Crippen LogP contribution in [0.15, 0.2) is 30.3 Å². The minimum atomic E-state index is 0.939. The first-order valence-corrected chi connectivity index (χ1v) is 5.22. The van der Waals surface area contributed by atoms with E-state index in [-0.39, 0.29) is 0 Å². The van der Waals surface area contributed by atoms with Crippen LogP contribution in [0, 0.1) is 0 Å². The van der Waals surface area contributed by atoms with Gasteiger partial charge < -0.3 is 0 Å². The standard InChI is InChI=1S/C8H11NS2/c1-9(11-10)7-8-5-3-2-4-6-8/h2-6,10H,7H2,1H3. The summed E-state index contributed by atoms with van der Waals surface area (Å²) < 4.78 is 2.07. The van der Waals surface area contributed by atoms with E-state index in [9.17, 15) is 0 Å². The highest BCUT2D eigenvalue weighted by Crippen LogP contribution is 2.14. The van der Waals surface area contributed by atoms with E-state index in [4.69, 9.17) is 0 Å². The van der Waals surface area contributed by atoms with Crippen LogP contribution in [0.25, 0.3) is 0 Å². The fourth-order valence-electron chi connectivity index (χ4n) is 0.869. The van der Waals surface area contributed by atoms with E-state index < -0.39 is 0 Å². The molecule has 0 unspecified atom stereocenters. The largest absolute Gasteiger partial charge is 0.240 e. The van der Waals surface area contributed by atoms with Crippen molar-refractivity contribution in [2.24, 2.45) is 0 Å². The zero-order valence-corrected chi connectivity index (χ0v) is 8.11. The summed E-state index contributed by atoms with van der Waals surface area (Å²) in [6.07, 6.45) is 0. The van der Waals surface area contributed by atoms with Crippen molar-refractivity contribution >= 4 is 22.6 Å². The van der Waals surface area contributed by atoms with Gasteiger partial charge in [0.25, 0.3) is 0 Å². The zero-order valence-electron chi connectivity index (χ0n) is 6.40. The molecule has 0 aliphatic rings. The second kappa shape index (κ2) is 4.70. The second-order valence-corrected chi connectivity index (χ2v) is 3.63. The lowest BCUT2D eigenvalue weighted by Crippen LogP contribution is -2.05. The van der Waals surface area contributed by atoms with Crippen molar-refractivity contribution in [3.63, 3.8) is 0 Å². The van der Waals surface area contributed by atoms with Crippen molar-refractivity contribution < 1.29 is 0 Å². The minimum absolute atomic E-state index is 0.939. The molecule has 1 nitrogen and oxygen atoms in total. The fraction of sp³-hybridized carbons (Fsp3) is 0.250. The first kappa shape index (κ1) is 8.97. The Bertz CT molecular complexity index is 201. The molecule has 0 fully saturated rings. The Morgan fingerprint density at radius 1 is 1.36 bits per heavy atom. The smallest absolute Gasteiger partial charge is 0.0345 e. The highest BCUT2D eigenvalue weighted by Gasteiger charge is 1.95. The Morgan fingerprint density at radius 3 is 2.55 bits per heavy atom. The number of nitrogens with zero attached hydrogens (tertiary/aromatic N) is 1. The van der Waals surface area contributed by atoms with Gasteiger partial charge in [-0.1, -0.05) is 42.0 Å². The third-order valence-corrected chi connectivity index (χ3v) is 2.63. The molecule has 11 heavy (non-hydrogen) atoms. The van der Waals surface area contributed by atoms with E-state index >= 15 is 0 Å². The van der Waals surface area contributed by atoms with Gasteiger partial charge in [0.15, 0.2) is 0 Å². The molecule has 0 atom stereocenters. The Balaban J connectivity index is 2.51. The molecule has 0 saturated heterocycles. The van der Waals surface area contributed by atoms with E-state index in [1.54, 1.807) is 0 Å². The first-order chi connectivity index (χ1) is 5.33. The summed E-state index contributed by atoms with van der Waals surface area (Å²) in [6.45, 7) is 0.939. The van der Waals surface area contributed by atoms with Crippen molar-refractivity contribution in [3.05, 3.63) is 35.9 Å². The molecular formula is C8H11NS2. The lowest BCUT2D eigenvalue weighted by atomic mass is 10.2. The van der Waals surface area contributed by atoms with Crippen LogP contribution in [0.4, 0.5) is 0 Å². The third kappa shape index (κ3) is 3.18. The quantitative estimate of drug-likeness (QED) is 0.438. The van der Waals surface area contributed by atoms with Gasteiger partial charge in [-0.2, -0.15) is 0 Å². The van der Waals surface area contributed by atoms with Crippen molar-refractivity contribution in [2.75, 3.05) is 7.05 Å². The molecule has 0 radical (unpaired) electrons. The van der Waals surface area contributed by atoms with Crippen molar-refractivity contribution in [3.8, 4) is 0 Å². The number of hydrogen-bond acceptors (Lipinski definition) is 3. The number of benzene rings is 1. The molecule has 0 saturated carbocycles. The van der Waals surface area contributed by atoms with Gasteiger partial charge in [-0.05, 0) is 23.6 Å². The molecule has 0 aromatic heterocycles. The van der Waals surface area contributed by atoms with E-state index in [0.29, 0.717) is 0 Å². The average Bonchev–Trinajstić information content (AvgIpc) is 2.06. The van der Waals surface area contributed by atoms with Crippen LogP contribution in [-0.2, 0) is 6.54 Å². The fourth-order valence-corrected chi connectivity index (χ4v) is 1.25. The minimum Gasteiger partial charge on any atom is -0.240 e. The molecule has 0 amide bonds. The maximum Gasteiger partial charge on any atom is 0.0345 e. The van der Waals surface area contributed by atoms with Crippen LogP contribution in [0.5, 0.6) is 0 Å².